The fraction of sp³-hybridized carbons (Fsp3) is 0.588. The van der Waals surface area contributed by atoms with Crippen LogP contribution in [0.5, 0.6) is 0 Å². The Hall–Kier alpha value is -0.670. The summed E-state index contributed by atoms with van der Waals surface area (Å²) in [5, 5.41) is 3.60. The number of halogens is 1. The van der Waals surface area contributed by atoms with Crippen molar-refractivity contribution in [2.24, 2.45) is 5.92 Å². The number of benzene rings is 1. The normalized spacial score (nSPS) is 17.4. The summed E-state index contributed by atoms with van der Waals surface area (Å²) in [6, 6.07) is 8.43. The van der Waals surface area contributed by atoms with Crippen molar-refractivity contribution in [3.8, 4) is 0 Å². The molecule has 1 aromatic rings. The lowest BCUT2D eigenvalue weighted by atomic mass is 9.84. The van der Waals surface area contributed by atoms with Crippen molar-refractivity contribution < 1.29 is 4.79 Å². The summed E-state index contributed by atoms with van der Waals surface area (Å²) in [5.74, 6) is 1.11. The van der Waals surface area contributed by atoms with Crippen LogP contribution in [0.3, 0.4) is 0 Å². The lowest BCUT2D eigenvalue weighted by molar-refractivity contribution is -0.120. The minimum Gasteiger partial charge on any atom is -0.316 e. The van der Waals surface area contributed by atoms with Crippen LogP contribution in [0.15, 0.2) is 28.7 Å². The molecule has 1 fully saturated rings. The zero-order valence-corrected chi connectivity index (χ0v) is 14.0. The maximum atomic E-state index is 11.2. The van der Waals surface area contributed by atoms with Crippen molar-refractivity contribution in [1.82, 2.24) is 5.32 Å². The summed E-state index contributed by atoms with van der Waals surface area (Å²) in [7, 11) is 0. The van der Waals surface area contributed by atoms with Gasteiger partial charge in [0.2, 0.25) is 0 Å². The number of ketones is 1. The Bertz CT molecular complexity index is 460. The van der Waals surface area contributed by atoms with E-state index in [0.717, 1.165) is 38.8 Å². The first-order chi connectivity index (χ1) is 9.49. The average molecular weight is 338 g/mol. The summed E-state index contributed by atoms with van der Waals surface area (Å²) in [6.07, 6.45) is 3.67. The Morgan fingerprint density at radius 2 is 1.90 bits per heavy atom. The highest BCUT2D eigenvalue weighted by Crippen LogP contribution is 2.29. The Kier molecular flexibility index (Phi) is 5.39. The first-order valence-electron chi connectivity index (χ1n) is 7.46. The van der Waals surface area contributed by atoms with Crippen molar-refractivity contribution in [2.75, 3.05) is 13.1 Å². The highest BCUT2D eigenvalue weighted by molar-refractivity contribution is 9.10. The Morgan fingerprint density at radius 1 is 1.25 bits per heavy atom. The fourth-order valence-corrected chi connectivity index (χ4v) is 3.72. The molecule has 0 unspecified atom stereocenters. The molecule has 110 valence electrons. The van der Waals surface area contributed by atoms with Gasteiger partial charge in [-0.3, -0.25) is 4.79 Å². The molecule has 1 aromatic carbocycles. The van der Waals surface area contributed by atoms with Gasteiger partial charge in [-0.1, -0.05) is 48.0 Å². The number of rotatable bonds is 5. The van der Waals surface area contributed by atoms with Gasteiger partial charge in [-0.25, -0.2) is 0 Å². The molecule has 2 rings (SSSR count). The second-order valence-electron chi connectivity index (χ2n) is 6.48. The van der Waals surface area contributed by atoms with Crippen LogP contribution in [0.2, 0.25) is 0 Å². The van der Waals surface area contributed by atoms with E-state index in [-0.39, 0.29) is 5.41 Å². The summed E-state index contributed by atoms with van der Waals surface area (Å²) in [6.45, 7) is 6.52. The van der Waals surface area contributed by atoms with Crippen molar-refractivity contribution in [1.29, 1.82) is 0 Å². The van der Waals surface area contributed by atoms with Crippen LogP contribution < -0.4 is 5.32 Å². The predicted octanol–water partition coefficient (Wildman–Crippen LogP) is 4.08. The van der Waals surface area contributed by atoms with Crippen molar-refractivity contribution in [3.63, 3.8) is 0 Å². The monoisotopic (exact) mass is 337 g/mol. The molecule has 0 saturated heterocycles. The summed E-state index contributed by atoms with van der Waals surface area (Å²) in [5.41, 5.74) is 1.44. The van der Waals surface area contributed by atoms with E-state index in [4.69, 9.17) is 0 Å². The van der Waals surface area contributed by atoms with Crippen LogP contribution in [0.25, 0.3) is 0 Å². The second kappa shape index (κ2) is 6.86. The van der Waals surface area contributed by atoms with E-state index >= 15 is 0 Å². The highest BCUT2D eigenvalue weighted by atomic mass is 79.9. The maximum Gasteiger partial charge on any atom is 0.132 e. The van der Waals surface area contributed by atoms with E-state index in [2.05, 4.69) is 59.4 Å². The zero-order chi connectivity index (χ0) is 14.6. The predicted molar refractivity (Wildman–Crippen MR) is 87.0 cm³/mol. The van der Waals surface area contributed by atoms with Crippen LogP contribution >= 0.6 is 15.9 Å². The maximum absolute atomic E-state index is 11.2. The number of carbonyl (C=O) groups is 1. The number of nitrogens with one attached hydrogen (secondary N) is 1. The van der Waals surface area contributed by atoms with Crippen LogP contribution in [0.1, 0.15) is 45.1 Å². The first kappa shape index (κ1) is 15.7. The topological polar surface area (TPSA) is 29.1 Å². The van der Waals surface area contributed by atoms with Gasteiger partial charge in [0.15, 0.2) is 0 Å². The molecule has 1 aliphatic rings. The number of Topliss-reactive ketones (excluding diaryl/α,β-unsaturated/α-hetero) is 1. The van der Waals surface area contributed by atoms with Gasteiger partial charge in [0, 0.05) is 29.3 Å². The quantitative estimate of drug-likeness (QED) is 0.877. The lowest BCUT2D eigenvalue weighted by Gasteiger charge is -2.29. The Morgan fingerprint density at radius 3 is 2.55 bits per heavy atom. The van der Waals surface area contributed by atoms with Crippen molar-refractivity contribution in [3.05, 3.63) is 34.3 Å². The third-order valence-electron chi connectivity index (χ3n) is 4.27. The molecular weight excluding hydrogens is 314 g/mol. The summed E-state index contributed by atoms with van der Waals surface area (Å²) in [4.78, 5) is 11.2. The van der Waals surface area contributed by atoms with E-state index < -0.39 is 0 Å². The van der Waals surface area contributed by atoms with Crippen LogP contribution in [0, 0.1) is 5.92 Å². The molecule has 1 aliphatic carbocycles. The van der Waals surface area contributed by atoms with E-state index in [1.807, 2.05) is 0 Å². The minimum atomic E-state index is 0.102. The Labute approximate surface area is 130 Å². The number of hydrogen-bond acceptors (Lipinski definition) is 2. The Balaban J connectivity index is 1.84. The minimum absolute atomic E-state index is 0.102. The van der Waals surface area contributed by atoms with E-state index in [9.17, 15) is 4.79 Å². The molecule has 1 saturated carbocycles. The molecule has 0 aromatic heterocycles. The number of carbonyl (C=O) groups excluding carboxylic acids is 1. The van der Waals surface area contributed by atoms with Crippen molar-refractivity contribution in [2.45, 2.75) is 44.9 Å². The van der Waals surface area contributed by atoms with Gasteiger partial charge in [0.05, 0.1) is 0 Å². The molecule has 0 atom stereocenters. The third-order valence-corrected chi connectivity index (χ3v) is 4.96. The van der Waals surface area contributed by atoms with Gasteiger partial charge in [-0.2, -0.15) is 0 Å². The van der Waals surface area contributed by atoms with E-state index in [1.165, 1.54) is 10.0 Å². The number of hydrogen-bond donors (Lipinski definition) is 1. The van der Waals surface area contributed by atoms with Gasteiger partial charge in [-0.05, 0) is 36.9 Å². The molecule has 2 nitrogen and oxygen atoms in total. The standard InChI is InChI=1S/C17H24BrNO/c1-17(2,15-5-3-4-6-16(15)18)12-19-11-13-7-9-14(20)10-8-13/h3-6,13,19H,7-12H2,1-2H3. The van der Waals surface area contributed by atoms with Gasteiger partial charge < -0.3 is 5.32 Å². The zero-order valence-electron chi connectivity index (χ0n) is 12.4. The molecule has 3 heteroatoms. The molecule has 0 heterocycles. The molecule has 20 heavy (non-hydrogen) atoms. The third kappa shape index (κ3) is 4.16. The average Bonchev–Trinajstić information content (AvgIpc) is 2.41. The largest absolute Gasteiger partial charge is 0.316 e. The van der Waals surface area contributed by atoms with Gasteiger partial charge in [0.25, 0.3) is 0 Å². The smallest absolute Gasteiger partial charge is 0.132 e. The molecule has 0 bridgehead atoms. The SMILES string of the molecule is CC(C)(CNCC1CCC(=O)CC1)c1ccccc1Br. The molecule has 0 amide bonds. The van der Waals surface area contributed by atoms with Crippen molar-refractivity contribution >= 4 is 21.7 Å². The van der Waals surface area contributed by atoms with E-state index in [0.29, 0.717) is 11.7 Å². The summed E-state index contributed by atoms with van der Waals surface area (Å²) >= 11 is 3.64. The van der Waals surface area contributed by atoms with Gasteiger partial charge >= 0.3 is 0 Å². The van der Waals surface area contributed by atoms with Crippen LogP contribution in [-0.2, 0) is 10.2 Å². The molecule has 0 spiro atoms. The molecule has 0 radical (unpaired) electrons. The second-order valence-corrected chi connectivity index (χ2v) is 7.33. The molecular formula is C17H24BrNO. The molecule has 1 N–H and O–H groups in total. The van der Waals surface area contributed by atoms with E-state index in [1.54, 1.807) is 0 Å². The first-order valence-corrected chi connectivity index (χ1v) is 8.26. The van der Waals surface area contributed by atoms with Crippen LogP contribution in [-0.4, -0.2) is 18.9 Å². The van der Waals surface area contributed by atoms with Gasteiger partial charge in [0.1, 0.15) is 5.78 Å². The highest BCUT2D eigenvalue weighted by Gasteiger charge is 2.24. The van der Waals surface area contributed by atoms with Gasteiger partial charge in [-0.15, -0.1) is 0 Å². The summed E-state index contributed by atoms with van der Waals surface area (Å²) < 4.78 is 1.18. The molecule has 0 aliphatic heterocycles. The van der Waals surface area contributed by atoms with Crippen LogP contribution in [0.4, 0.5) is 0 Å². The fourth-order valence-electron chi connectivity index (χ4n) is 2.90. The lowest BCUT2D eigenvalue weighted by Crippen LogP contribution is -2.36.